The Bertz CT molecular complexity index is 537. The lowest BCUT2D eigenvalue weighted by Gasteiger charge is -2.17. The third kappa shape index (κ3) is 3.05. The first-order chi connectivity index (χ1) is 8.37. The highest BCUT2D eigenvalue weighted by atomic mass is 32.1. The first-order valence-corrected chi connectivity index (χ1v) is 7.32. The number of fused-ring (bicyclic) bond motifs is 1. The van der Waals surface area contributed by atoms with Crippen molar-refractivity contribution < 1.29 is 0 Å². The number of nitrogens with zero attached hydrogens (tertiary/aromatic N) is 3. The van der Waals surface area contributed by atoms with Gasteiger partial charge in [0.25, 0.3) is 0 Å². The number of rotatable bonds is 3. The van der Waals surface area contributed by atoms with Crippen LogP contribution in [-0.4, -0.2) is 15.2 Å². The van der Waals surface area contributed by atoms with Crippen LogP contribution in [0.4, 0.5) is 0 Å². The van der Waals surface area contributed by atoms with Crippen molar-refractivity contribution in [1.82, 2.24) is 15.2 Å². The third-order valence-corrected chi connectivity index (χ3v) is 3.57. The molecule has 2 heterocycles. The Morgan fingerprint density at radius 1 is 1.17 bits per heavy atom. The number of aromatic nitrogens is 3. The Labute approximate surface area is 113 Å². The van der Waals surface area contributed by atoms with E-state index in [0.29, 0.717) is 5.92 Å². The zero-order chi connectivity index (χ0) is 13.3. The van der Waals surface area contributed by atoms with Crippen LogP contribution in [0.2, 0.25) is 0 Å². The molecular formula is C14H21N3S. The topological polar surface area (TPSA) is 38.7 Å². The fourth-order valence-corrected chi connectivity index (χ4v) is 2.81. The van der Waals surface area contributed by atoms with Crippen LogP contribution in [0.5, 0.6) is 0 Å². The van der Waals surface area contributed by atoms with Gasteiger partial charge in [0, 0.05) is 0 Å². The molecule has 2 aromatic rings. The van der Waals surface area contributed by atoms with Gasteiger partial charge in [0.1, 0.15) is 5.52 Å². The van der Waals surface area contributed by atoms with Gasteiger partial charge in [0.15, 0.2) is 0 Å². The smallest absolute Gasteiger partial charge is 0.106 e. The standard InChI is InChI=1S/C14H21N3S/c1-9(2)6-10-12-13(18-8-15-12)11(17-16-10)7-14(3,4)5/h8-9H,6-7H2,1-5H3. The van der Waals surface area contributed by atoms with Crippen molar-refractivity contribution in [1.29, 1.82) is 0 Å². The summed E-state index contributed by atoms with van der Waals surface area (Å²) in [6.07, 6.45) is 1.89. The average Bonchev–Trinajstić information content (AvgIpc) is 2.68. The first-order valence-electron chi connectivity index (χ1n) is 6.44. The SMILES string of the molecule is CC(C)Cc1nnc(CC(C)(C)C)c2scnc12. The molecule has 0 aromatic carbocycles. The zero-order valence-electron chi connectivity index (χ0n) is 11.8. The summed E-state index contributed by atoms with van der Waals surface area (Å²) >= 11 is 1.68. The lowest BCUT2D eigenvalue weighted by molar-refractivity contribution is 0.406. The van der Waals surface area contributed by atoms with Gasteiger partial charge in [-0.2, -0.15) is 10.2 Å². The molecule has 0 atom stereocenters. The van der Waals surface area contributed by atoms with E-state index < -0.39 is 0 Å². The minimum atomic E-state index is 0.227. The molecule has 0 saturated carbocycles. The highest BCUT2D eigenvalue weighted by Gasteiger charge is 2.18. The van der Waals surface area contributed by atoms with Gasteiger partial charge in [-0.1, -0.05) is 34.6 Å². The summed E-state index contributed by atoms with van der Waals surface area (Å²) in [6.45, 7) is 11.1. The Hall–Kier alpha value is -1.03. The second kappa shape index (κ2) is 4.92. The van der Waals surface area contributed by atoms with E-state index in [-0.39, 0.29) is 5.41 Å². The molecule has 0 aliphatic carbocycles. The Morgan fingerprint density at radius 3 is 2.44 bits per heavy atom. The van der Waals surface area contributed by atoms with Crippen LogP contribution in [0, 0.1) is 11.3 Å². The molecule has 18 heavy (non-hydrogen) atoms. The predicted octanol–water partition coefficient (Wildman–Crippen LogP) is 3.87. The Kier molecular flexibility index (Phi) is 3.66. The summed E-state index contributed by atoms with van der Waals surface area (Å²) < 4.78 is 1.22. The van der Waals surface area contributed by atoms with Crippen LogP contribution in [0.3, 0.4) is 0 Å². The lowest BCUT2D eigenvalue weighted by Crippen LogP contribution is -2.12. The highest BCUT2D eigenvalue weighted by molar-refractivity contribution is 7.16. The van der Waals surface area contributed by atoms with Gasteiger partial charge in [-0.25, -0.2) is 4.98 Å². The molecule has 0 radical (unpaired) electrons. The molecule has 0 N–H and O–H groups in total. The molecule has 0 amide bonds. The lowest BCUT2D eigenvalue weighted by atomic mass is 9.90. The molecule has 98 valence electrons. The zero-order valence-corrected chi connectivity index (χ0v) is 12.6. The van der Waals surface area contributed by atoms with Crippen LogP contribution in [0.15, 0.2) is 5.51 Å². The van der Waals surface area contributed by atoms with Gasteiger partial charge in [0.2, 0.25) is 0 Å². The maximum Gasteiger partial charge on any atom is 0.106 e. The largest absolute Gasteiger partial charge is 0.243 e. The third-order valence-electron chi connectivity index (χ3n) is 2.69. The molecular weight excluding hydrogens is 242 g/mol. The summed E-state index contributed by atoms with van der Waals surface area (Å²) in [5.74, 6) is 0.581. The van der Waals surface area contributed by atoms with Crippen molar-refractivity contribution in [3.63, 3.8) is 0 Å². The van der Waals surface area contributed by atoms with E-state index in [9.17, 15) is 0 Å². The molecule has 2 rings (SSSR count). The van der Waals surface area contributed by atoms with Gasteiger partial charge in [-0.05, 0) is 24.2 Å². The van der Waals surface area contributed by atoms with Gasteiger partial charge >= 0.3 is 0 Å². The van der Waals surface area contributed by atoms with E-state index in [2.05, 4.69) is 49.8 Å². The van der Waals surface area contributed by atoms with Gasteiger partial charge in [-0.3, -0.25) is 0 Å². The average molecular weight is 263 g/mol. The minimum absolute atomic E-state index is 0.227. The number of thiazole rings is 1. The van der Waals surface area contributed by atoms with Gasteiger partial charge in [0.05, 0.1) is 21.6 Å². The maximum atomic E-state index is 4.48. The quantitative estimate of drug-likeness (QED) is 0.843. The fourth-order valence-electron chi connectivity index (χ4n) is 2.01. The fraction of sp³-hybridized carbons (Fsp3) is 0.643. The summed E-state index contributed by atoms with van der Waals surface area (Å²) in [5.41, 5.74) is 5.32. The molecule has 0 bridgehead atoms. The highest BCUT2D eigenvalue weighted by Crippen LogP contribution is 2.28. The van der Waals surface area contributed by atoms with E-state index in [1.165, 1.54) is 4.70 Å². The van der Waals surface area contributed by atoms with E-state index in [4.69, 9.17) is 0 Å². The maximum absolute atomic E-state index is 4.48. The summed E-state index contributed by atoms with van der Waals surface area (Å²) in [5, 5.41) is 8.84. The Morgan fingerprint density at radius 2 is 1.83 bits per heavy atom. The monoisotopic (exact) mass is 263 g/mol. The van der Waals surface area contributed by atoms with Gasteiger partial charge in [-0.15, -0.1) is 11.3 Å². The number of hydrogen-bond donors (Lipinski definition) is 0. The minimum Gasteiger partial charge on any atom is -0.243 e. The van der Waals surface area contributed by atoms with Gasteiger partial charge < -0.3 is 0 Å². The van der Waals surface area contributed by atoms with Crippen molar-refractivity contribution in [2.75, 3.05) is 0 Å². The van der Waals surface area contributed by atoms with E-state index >= 15 is 0 Å². The van der Waals surface area contributed by atoms with Crippen LogP contribution in [0.1, 0.15) is 46.0 Å². The second-order valence-corrected chi connectivity index (χ2v) is 7.31. The van der Waals surface area contributed by atoms with Crippen LogP contribution in [-0.2, 0) is 12.8 Å². The van der Waals surface area contributed by atoms with E-state index in [1.807, 2.05) is 5.51 Å². The van der Waals surface area contributed by atoms with Crippen molar-refractivity contribution in [3.05, 3.63) is 16.9 Å². The normalized spacial score (nSPS) is 12.6. The Balaban J connectivity index is 2.44. The first kappa shape index (κ1) is 13.4. The van der Waals surface area contributed by atoms with E-state index in [1.54, 1.807) is 11.3 Å². The number of hydrogen-bond acceptors (Lipinski definition) is 4. The van der Waals surface area contributed by atoms with Crippen LogP contribution in [0.25, 0.3) is 10.2 Å². The van der Waals surface area contributed by atoms with Crippen molar-refractivity contribution in [2.24, 2.45) is 11.3 Å². The van der Waals surface area contributed by atoms with Crippen molar-refractivity contribution >= 4 is 21.6 Å². The summed E-state index contributed by atoms with van der Waals surface area (Å²) in [7, 11) is 0. The second-order valence-electron chi connectivity index (χ2n) is 6.46. The molecule has 2 aromatic heterocycles. The van der Waals surface area contributed by atoms with Crippen LogP contribution < -0.4 is 0 Å². The van der Waals surface area contributed by atoms with Crippen molar-refractivity contribution in [2.45, 2.75) is 47.5 Å². The molecule has 0 unspecified atom stereocenters. The predicted molar refractivity (Wildman–Crippen MR) is 76.9 cm³/mol. The molecule has 0 fully saturated rings. The molecule has 0 aliphatic rings. The molecule has 0 spiro atoms. The summed E-state index contributed by atoms with van der Waals surface area (Å²) in [4.78, 5) is 4.48. The molecule has 3 nitrogen and oxygen atoms in total. The van der Waals surface area contributed by atoms with E-state index in [0.717, 1.165) is 29.7 Å². The van der Waals surface area contributed by atoms with Crippen molar-refractivity contribution in [3.8, 4) is 0 Å². The molecule has 4 heteroatoms. The summed E-state index contributed by atoms with van der Waals surface area (Å²) in [6, 6.07) is 0. The molecule has 0 aliphatic heterocycles. The molecule has 0 saturated heterocycles. The van der Waals surface area contributed by atoms with Crippen LogP contribution >= 0.6 is 11.3 Å².